The fourth-order valence-electron chi connectivity index (χ4n) is 0.173. The zero-order valence-electron chi connectivity index (χ0n) is 5.42. The van der Waals surface area contributed by atoms with Crippen LogP contribution in [0.15, 0.2) is 0 Å². The van der Waals surface area contributed by atoms with E-state index in [4.69, 9.17) is 9.66 Å². The van der Waals surface area contributed by atoms with Gasteiger partial charge in [0, 0.05) is 0 Å². The number of carbonyl (C=O) groups excluding carboxylic acids is 1. The van der Waals surface area contributed by atoms with E-state index in [1.165, 1.54) is 0 Å². The number of hydrogen-bond acceptors (Lipinski definition) is 5. The third-order valence-corrected chi connectivity index (χ3v) is 0.903. The van der Waals surface area contributed by atoms with Gasteiger partial charge in [-0.05, 0) is 6.92 Å². The van der Waals surface area contributed by atoms with Crippen LogP contribution < -0.4 is 0 Å². The first-order valence-electron chi connectivity index (χ1n) is 2.22. The van der Waals surface area contributed by atoms with Crippen LogP contribution >= 0.6 is 12.4 Å². The molecule has 0 radical (unpaired) electrons. The van der Waals surface area contributed by atoms with Crippen molar-refractivity contribution in [3.63, 3.8) is 0 Å². The Bertz CT molecular complexity index is 228. The quantitative estimate of drug-likeness (QED) is 0.428. The van der Waals surface area contributed by atoms with Crippen LogP contribution in [0.4, 0.5) is 0 Å². The Kier molecular flexibility index (Phi) is 19.4. The number of aliphatic hydroxyl groups excluding tert-OH is 1. The second-order valence-corrected chi connectivity index (χ2v) is 2.53. The molecular formula is C3H10CaClNaO6S. The van der Waals surface area contributed by atoms with Crippen molar-refractivity contribution in [2.45, 2.75) is 13.0 Å². The second-order valence-electron chi connectivity index (χ2n) is 1.51. The van der Waals surface area contributed by atoms with E-state index in [1.54, 1.807) is 0 Å². The molecule has 0 aromatic heterocycles. The molecule has 0 saturated carbocycles. The van der Waals surface area contributed by atoms with Gasteiger partial charge in [0.15, 0.2) is 0 Å². The van der Waals surface area contributed by atoms with E-state index in [1.807, 2.05) is 0 Å². The van der Waals surface area contributed by atoms with Gasteiger partial charge in [0.1, 0.15) is 6.10 Å². The van der Waals surface area contributed by atoms with Crippen LogP contribution in [0.3, 0.4) is 0 Å². The first-order valence-corrected chi connectivity index (χ1v) is 3.58. The van der Waals surface area contributed by atoms with E-state index in [0.29, 0.717) is 0 Å². The number of hydrogen-bond donors (Lipinski definition) is 2. The molecule has 0 aromatic rings. The van der Waals surface area contributed by atoms with Gasteiger partial charge in [0.05, 0.1) is 0 Å². The molecular weight excluding hydrogens is 263 g/mol. The maximum absolute atomic E-state index is 10.1. The van der Waals surface area contributed by atoms with E-state index >= 15 is 0 Å². The van der Waals surface area contributed by atoms with Crippen molar-refractivity contribution in [2.75, 3.05) is 0 Å². The molecule has 0 spiro atoms. The molecule has 13 heavy (non-hydrogen) atoms. The Balaban J connectivity index is -0.000000135. The summed E-state index contributed by atoms with van der Waals surface area (Å²) in [5.41, 5.74) is 0. The van der Waals surface area contributed by atoms with Crippen LogP contribution in [0.1, 0.15) is 6.92 Å². The van der Waals surface area contributed by atoms with E-state index in [2.05, 4.69) is 4.18 Å². The van der Waals surface area contributed by atoms with Gasteiger partial charge in [0.25, 0.3) is 0 Å². The van der Waals surface area contributed by atoms with Gasteiger partial charge in [0.2, 0.25) is 0 Å². The molecule has 0 aromatic carbocycles. The molecule has 0 aliphatic carbocycles. The van der Waals surface area contributed by atoms with Gasteiger partial charge in [-0.1, -0.05) is 0 Å². The Morgan fingerprint density at radius 3 is 1.85 bits per heavy atom. The molecule has 1 unspecified atom stereocenters. The van der Waals surface area contributed by atoms with Crippen LogP contribution in [-0.2, 0) is 19.4 Å². The van der Waals surface area contributed by atoms with Crippen LogP contribution in [0.5, 0.6) is 0 Å². The standard InChI is InChI=1S/C3H6O6S.Ca.ClH.Na.3H/c1-2(4)3(5)9-10(6,7)8;;;;;;/h2,4H,1H3,(H,6,7,8);;1H;;;;. The van der Waals surface area contributed by atoms with Gasteiger partial charge in [-0.2, -0.15) is 8.42 Å². The van der Waals surface area contributed by atoms with Crippen molar-refractivity contribution >= 4 is 96.1 Å². The minimum atomic E-state index is -4.78. The zero-order chi connectivity index (χ0) is 8.36. The maximum atomic E-state index is 10.1. The van der Waals surface area contributed by atoms with Crippen LogP contribution in [0, 0.1) is 0 Å². The van der Waals surface area contributed by atoms with Gasteiger partial charge >= 0.3 is 83.7 Å². The van der Waals surface area contributed by atoms with Crippen molar-refractivity contribution in [3.05, 3.63) is 0 Å². The molecule has 0 aliphatic heterocycles. The first kappa shape index (κ1) is 24.2. The number of aliphatic hydroxyl groups is 1. The Morgan fingerprint density at radius 2 is 1.77 bits per heavy atom. The Morgan fingerprint density at radius 1 is 1.46 bits per heavy atom. The minimum absolute atomic E-state index is 0. The summed E-state index contributed by atoms with van der Waals surface area (Å²) in [5.74, 6) is -1.41. The summed E-state index contributed by atoms with van der Waals surface area (Å²) < 4.78 is 30.7. The summed E-state index contributed by atoms with van der Waals surface area (Å²) in [6.07, 6.45) is -1.57. The van der Waals surface area contributed by atoms with E-state index in [0.717, 1.165) is 6.92 Å². The average molecular weight is 273 g/mol. The normalized spacial score (nSPS) is 11.0. The Labute approximate surface area is 134 Å². The topological polar surface area (TPSA) is 101 Å². The molecule has 0 bridgehead atoms. The van der Waals surface area contributed by atoms with E-state index in [-0.39, 0.29) is 79.7 Å². The van der Waals surface area contributed by atoms with Gasteiger partial charge < -0.3 is 9.29 Å². The molecule has 10 heteroatoms. The molecule has 6 nitrogen and oxygen atoms in total. The zero-order valence-corrected chi connectivity index (χ0v) is 7.05. The van der Waals surface area contributed by atoms with E-state index in [9.17, 15) is 13.2 Å². The summed E-state index contributed by atoms with van der Waals surface area (Å²) in [6, 6.07) is 0. The summed E-state index contributed by atoms with van der Waals surface area (Å²) in [5, 5.41) is 8.33. The third-order valence-electron chi connectivity index (χ3n) is 0.529. The number of carbonyl (C=O) groups is 1. The summed E-state index contributed by atoms with van der Waals surface area (Å²) >= 11 is 0. The molecule has 0 fully saturated rings. The summed E-state index contributed by atoms with van der Waals surface area (Å²) in [4.78, 5) is 10.1. The molecule has 0 amide bonds. The van der Waals surface area contributed by atoms with Gasteiger partial charge in [-0.15, -0.1) is 12.4 Å². The van der Waals surface area contributed by atoms with Gasteiger partial charge in [-0.25, -0.2) is 4.79 Å². The van der Waals surface area contributed by atoms with Crippen LogP contribution in [0.25, 0.3) is 0 Å². The SMILES string of the molecule is CC(O)C(=O)OS(=O)(=O)O.Cl.[CaH2].[NaH]. The second kappa shape index (κ2) is 10.4. The predicted molar refractivity (Wildman–Crippen MR) is 52.3 cm³/mol. The Hall–Kier alpha value is 1.89. The third kappa shape index (κ3) is 16.6. The molecule has 2 N–H and O–H groups in total. The van der Waals surface area contributed by atoms with Gasteiger partial charge in [-0.3, -0.25) is 4.55 Å². The van der Waals surface area contributed by atoms with Crippen LogP contribution in [0.2, 0.25) is 0 Å². The molecule has 0 rings (SSSR count). The van der Waals surface area contributed by atoms with Crippen molar-refractivity contribution < 1.29 is 27.1 Å². The summed E-state index contributed by atoms with van der Waals surface area (Å²) in [7, 11) is -4.78. The van der Waals surface area contributed by atoms with Crippen molar-refractivity contribution in [3.8, 4) is 0 Å². The van der Waals surface area contributed by atoms with Crippen LogP contribution in [-0.4, -0.2) is 97.4 Å². The number of rotatable bonds is 2. The average Bonchev–Trinajstić information content (AvgIpc) is 1.60. The van der Waals surface area contributed by atoms with Crippen molar-refractivity contribution in [2.24, 2.45) is 0 Å². The van der Waals surface area contributed by atoms with Crippen molar-refractivity contribution in [1.82, 2.24) is 0 Å². The summed E-state index contributed by atoms with van der Waals surface area (Å²) in [6.45, 7) is 1.01. The fourth-order valence-corrected chi connectivity index (χ4v) is 0.520. The number of halogens is 1. The molecule has 0 heterocycles. The molecule has 1 atom stereocenters. The predicted octanol–water partition coefficient (Wildman–Crippen LogP) is -2.43. The fraction of sp³-hybridized carbons (Fsp3) is 0.667. The molecule has 74 valence electrons. The first-order chi connectivity index (χ1) is 4.33. The van der Waals surface area contributed by atoms with E-state index < -0.39 is 22.5 Å². The molecule has 0 saturated heterocycles. The molecule has 0 aliphatic rings. The monoisotopic (exact) mass is 272 g/mol. The van der Waals surface area contributed by atoms with Crippen molar-refractivity contribution in [1.29, 1.82) is 0 Å².